The molecule has 4 aromatic rings. The van der Waals surface area contributed by atoms with Gasteiger partial charge in [0.05, 0.1) is 24.9 Å². The summed E-state index contributed by atoms with van der Waals surface area (Å²) >= 11 is 0. The van der Waals surface area contributed by atoms with Crippen molar-refractivity contribution in [3.8, 4) is 11.8 Å². The standard InChI is InChI=1S/C25H21N9O2/c1-36-21-6-5-16(10-18(21)11-26)12-30-22-19(23(35)33-24-28-8-3-9-29-24)13-31-25(32-22)34-14-17-4-2-7-27-20(17)15-34/h2-10,13H,12,14-15H2,1H3,(H,30,31,32)(H,28,29,33,35). The second-order valence-corrected chi connectivity index (χ2v) is 7.92. The number of methoxy groups -OCH3 is 1. The first-order chi connectivity index (χ1) is 17.6. The highest BCUT2D eigenvalue weighted by atomic mass is 16.5. The van der Waals surface area contributed by atoms with Crippen molar-refractivity contribution < 1.29 is 9.53 Å². The summed E-state index contributed by atoms with van der Waals surface area (Å²) < 4.78 is 5.22. The van der Waals surface area contributed by atoms with Gasteiger partial charge in [-0.05, 0) is 35.4 Å². The molecule has 0 saturated heterocycles. The van der Waals surface area contributed by atoms with Gasteiger partial charge in [0, 0.05) is 37.9 Å². The molecule has 1 aliphatic heterocycles. The lowest BCUT2D eigenvalue weighted by Crippen LogP contribution is -2.22. The van der Waals surface area contributed by atoms with Crippen molar-refractivity contribution in [2.24, 2.45) is 0 Å². The van der Waals surface area contributed by atoms with E-state index in [1.165, 1.54) is 25.7 Å². The number of hydrogen-bond acceptors (Lipinski definition) is 10. The summed E-state index contributed by atoms with van der Waals surface area (Å²) in [5, 5.41) is 15.3. The lowest BCUT2D eigenvalue weighted by atomic mass is 10.1. The maximum Gasteiger partial charge on any atom is 0.263 e. The van der Waals surface area contributed by atoms with Crippen molar-refractivity contribution in [2.45, 2.75) is 19.6 Å². The van der Waals surface area contributed by atoms with Crippen molar-refractivity contribution >= 4 is 23.6 Å². The monoisotopic (exact) mass is 479 g/mol. The lowest BCUT2D eigenvalue weighted by Gasteiger charge is -2.18. The largest absolute Gasteiger partial charge is 0.495 e. The average molecular weight is 480 g/mol. The van der Waals surface area contributed by atoms with Gasteiger partial charge in [0.2, 0.25) is 11.9 Å². The summed E-state index contributed by atoms with van der Waals surface area (Å²) in [6, 6.07) is 13.0. The molecule has 1 aromatic carbocycles. The molecule has 2 N–H and O–H groups in total. The van der Waals surface area contributed by atoms with Crippen LogP contribution < -0.4 is 20.3 Å². The Morgan fingerprint density at radius 2 is 1.94 bits per heavy atom. The zero-order chi connectivity index (χ0) is 24.9. The number of aromatic nitrogens is 5. The van der Waals surface area contributed by atoms with Gasteiger partial charge in [-0.2, -0.15) is 10.2 Å². The maximum absolute atomic E-state index is 13.0. The molecule has 3 aromatic heterocycles. The van der Waals surface area contributed by atoms with E-state index in [0.29, 0.717) is 42.7 Å². The molecule has 4 heterocycles. The Labute approximate surface area is 206 Å². The number of pyridine rings is 1. The topological polar surface area (TPSA) is 142 Å². The number of nitrogens with one attached hydrogen (secondary N) is 2. The zero-order valence-electron chi connectivity index (χ0n) is 19.3. The van der Waals surface area contributed by atoms with E-state index in [1.807, 2.05) is 23.1 Å². The fraction of sp³-hybridized carbons (Fsp3) is 0.160. The molecule has 0 aliphatic carbocycles. The lowest BCUT2D eigenvalue weighted by molar-refractivity contribution is 0.102. The van der Waals surface area contributed by atoms with E-state index in [2.05, 4.69) is 41.6 Å². The Hall–Kier alpha value is -5.11. The summed E-state index contributed by atoms with van der Waals surface area (Å²) in [5.74, 6) is 1.03. The summed E-state index contributed by atoms with van der Waals surface area (Å²) in [6.45, 7) is 1.51. The van der Waals surface area contributed by atoms with E-state index < -0.39 is 5.91 Å². The van der Waals surface area contributed by atoms with Crippen molar-refractivity contribution in [3.05, 3.63) is 89.1 Å². The molecule has 0 spiro atoms. The van der Waals surface area contributed by atoms with E-state index in [9.17, 15) is 10.1 Å². The van der Waals surface area contributed by atoms with E-state index in [1.54, 1.807) is 24.4 Å². The fourth-order valence-corrected chi connectivity index (χ4v) is 3.84. The summed E-state index contributed by atoms with van der Waals surface area (Å²) in [4.78, 5) is 36.7. The van der Waals surface area contributed by atoms with Crippen LogP contribution in [0.2, 0.25) is 0 Å². The Morgan fingerprint density at radius 1 is 1.11 bits per heavy atom. The highest BCUT2D eigenvalue weighted by Crippen LogP contribution is 2.27. The van der Waals surface area contributed by atoms with Crippen molar-refractivity contribution in [1.29, 1.82) is 5.26 Å². The molecule has 1 amide bonds. The molecule has 11 heteroatoms. The number of benzene rings is 1. The third kappa shape index (κ3) is 4.74. The molecule has 0 bridgehead atoms. The molecule has 0 fully saturated rings. The molecular formula is C25H21N9O2. The quantitative estimate of drug-likeness (QED) is 0.406. The van der Waals surface area contributed by atoms with Gasteiger partial charge in [-0.1, -0.05) is 12.1 Å². The Kier molecular flexibility index (Phi) is 6.31. The van der Waals surface area contributed by atoms with Gasteiger partial charge in [0.15, 0.2) is 0 Å². The smallest absolute Gasteiger partial charge is 0.263 e. The van der Waals surface area contributed by atoms with E-state index >= 15 is 0 Å². The number of amides is 1. The normalized spacial score (nSPS) is 11.9. The van der Waals surface area contributed by atoms with Gasteiger partial charge < -0.3 is 15.0 Å². The number of rotatable bonds is 7. The number of anilines is 3. The predicted molar refractivity (Wildman–Crippen MR) is 131 cm³/mol. The van der Waals surface area contributed by atoms with Crippen LogP contribution in [0.3, 0.4) is 0 Å². The van der Waals surface area contributed by atoms with E-state index in [0.717, 1.165) is 16.8 Å². The van der Waals surface area contributed by atoms with Crippen LogP contribution >= 0.6 is 0 Å². The van der Waals surface area contributed by atoms with Crippen LogP contribution in [0, 0.1) is 11.3 Å². The Bertz CT molecular complexity index is 1430. The number of fused-ring (bicyclic) bond motifs is 1. The van der Waals surface area contributed by atoms with E-state index in [4.69, 9.17) is 4.74 Å². The number of carbonyl (C=O) groups excluding carboxylic acids is 1. The maximum atomic E-state index is 13.0. The third-order valence-electron chi connectivity index (χ3n) is 5.63. The highest BCUT2D eigenvalue weighted by Gasteiger charge is 2.24. The third-order valence-corrected chi connectivity index (χ3v) is 5.63. The van der Waals surface area contributed by atoms with Gasteiger partial charge in [0.25, 0.3) is 5.91 Å². The molecule has 0 atom stereocenters. The average Bonchev–Trinajstić information content (AvgIpc) is 3.36. The number of ether oxygens (including phenoxy) is 1. The summed E-state index contributed by atoms with van der Waals surface area (Å²) in [6.07, 6.45) is 6.32. The predicted octanol–water partition coefficient (Wildman–Crippen LogP) is 2.93. The van der Waals surface area contributed by atoms with Gasteiger partial charge in [-0.3, -0.25) is 15.1 Å². The molecule has 0 radical (unpaired) electrons. The summed E-state index contributed by atoms with van der Waals surface area (Å²) in [7, 11) is 1.52. The van der Waals surface area contributed by atoms with Crippen molar-refractivity contribution in [1.82, 2.24) is 24.9 Å². The van der Waals surface area contributed by atoms with Gasteiger partial charge in [-0.25, -0.2) is 15.0 Å². The minimum absolute atomic E-state index is 0.174. The second-order valence-electron chi connectivity index (χ2n) is 7.92. The van der Waals surface area contributed by atoms with Crippen LogP contribution in [0.25, 0.3) is 0 Å². The van der Waals surface area contributed by atoms with Gasteiger partial charge >= 0.3 is 0 Å². The molecule has 0 saturated carbocycles. The molecule has 178 valence electrons. The molecular weight excluding hydrogens is 458 g/mol. The number of nitriles is 1. The highest BCUT2D eigenvalue weighted by molar-refractivity contribution is 6.06. The fourth-order valence-electron chi connectivity index (χ4n) is 3.84. The van der Waals surface area contributed by atoms with Crippen LogP contribution in [0.1, 0.15) is 32.7 Å². The summed E-state index contributed by atoms with van der Waals surface area (Å²) in [5.41, 5.74) is 3.56. The van der Waals surface area contributed by atoms with Crippen molar-refractivity contribution in [3.63, 3.8) is 0 Å². The number of nitrogens with zero attached hydrogens (tertiary/aromatic N) is 7. The molecule has 1 aliphatic rings. The van der Waals surface area contributed by atoms with Crippen LogP contribution in [0.5, 0.6) is 5.75 Å². The minimum atomic E-state index is -0.450. The minimum Gasteiger partial charge on any atom is -0.495 e. The molecule has 36 heavy (non-hydrogen) atoms. The van der Waals surface area contributed by atoms with Crippen LogP contribution in [-0.2, 0) is 19.6 Å². The number of carbonyl (C=O) groups is 1. The second kappa shape index (κ2) is 10.0. The number of hydrogen-bond donors (Lipinski definition) is 2. The van der Waals surface area contributed by atoms with Crippen LogP contribution in [0.4, 0.5) is 17.7 Å². The first-order valence-corrected chi connectivity index (χ1v) is 11.1. The molecule has 5 rings (SSSR count). The van der Waals surface area contributed by atoms with Crippen LogP contribution in [0.15, 0.2) is 61.2 Å². The van der Waals surface area contributed by atoms with Gasteiger partial charge in [0.1, 0.15) is 23.2 Å². The first-order valence-electron chi connectivity index (χ1n) is 11.1. The van der Waals surface area contributed by atoms with Crippen molar-refractivity contribution in [2.75, 3.05) is 22.6 Å². The Morgan fingerprint density at radius 3 is 2.72 bits per heavy atom. The first kappa shape index (κ1) is 22.7. The SMILES string of the molecule is COc1ccc(CNc2nc(N3Cc4cccnc4C3)ncc2C(=O)Nc2ncccn2)cc1C#N. The molecule has 0 unspecified atom stereocenters. The zero-order valence-corrected chi connectivity index (χ0v) is 19.3. The Balaban J connectivity index is 1.43. The van der Waals surface area contributed by atoms with Crippen LogP contribution in [-0.4, -0.2) is 37.9 Å². The van der Waals surface area contributed by atoms with Gasteiger partial charge in [-0.15, -0.1) is 0 Å². The van der Waals surface area contributed by atoms with E-state index in [-0.39, 0.29) is 11.5 Å². The molecule has 11 nitrogen and oxygen atoms in total.